The molecule has 1 aliphatic rings. The van der Waals surface area contributed by atoms with Crippen LogP contribution in [0.15, 0.2) is 34.7 Å². The molecule has 0 spiro atoms. The van der Waals surface area contributed by atoms with Crippen LogP contribution >= 0.6 is 0 Å². The largest absolute Gasteiger partial charge is 0.464 e. The highest BCUT2D eigenvalue weighted by Gasteiger charge is 2.24. The minimum Gasteiger partial charge on any atom is -0.464 e. The van der Waals surface area contributed by atoms with Crippen molar-refractivity contribution >= 4 is 23.4 Å². The summed E-state index contributed by atoms with van der Waals surface area (Å²) >= 11 is 0. The van der Waals surface area contributed by atoms with Gasteiger partial charge in [-0.3, -0.25) is 14.4 Å². The normalized spacial score (nSPS) is 14.3. The van der Waals surface area contributed by atoms with Crippen molar-refractivity contribution in [2.24, 2.45) is 0 Å². The van der Waals surface area contributed by atoms with Gasteiger partial charge in [0.1, 0.15) is 11.5 Å². The molecule has 1 atom stereocenters. The average molecular weight is 369 g/mol. The van der Waals surface area contributed by atoms with E-state index >= 15 is 0 Å². The summed E-state index contributed by atoms with van der Waals surface area (Å²) in [5, 5.41) is 8.07. The van der Waals surface area contributed by atoms with Gasteiger partial charge in [-0.1, -0.05) is 6.07 Å². The fourth-order valence-electron chi connectivity index (χ4n) is 2.59. The summed E-state index contributed by atoms with van der Waals surface area (Å²) < 4.78 is 5.45. The third-order valence-electron chi connectivity index (χ3n) is 4.40. The van der Waals surface area contributed by atoms with E-state index in [1.54, 1.807) is 51.1 Å². The van der Waals surface area contributed by atoms with E-state index in [0.29, 0.717) is 17.0 Å². The lowest BCUT2D eigenvalue weighted by Gasteiger charge is -2.13. The van der Waals surface area contributed by atoms with Gasteiger partial charge in [0.15, 0.2) is 0 Å². The Kier molecular flexibility index (Phi) is 5.30. The van der Waals surface area contributed by atoms with Gasteiger partial charge in [-0.2, -0.15) is 0 Å². The summed E-state index contributed by atoms with van der Waals surface area (Å²) in [6, 6.07) is 8.37. The van der Waals surface area contributed by atoms with E-state index in [9.17, 15) is 14.4 Å². The molecule has 0 aliphatic heterocycles. The Morgan fingerprint density at radius 3 is 2.44 bits per heavy atom. The molecule has 1 fully saturated rings. The van der Waals surface area contributed by atoms with Crippen molar-refractivity contribution < 1.29 is 18.8 Å². The van der Waals surface area contributed by atoms with Gasteiger partial charge in [-0.25, -0.2) is 0 Å². The maximum Gasteiger partial charge on any atom is 0.313 e. The maximum absolute atomic E-state index is 12.3. The van der Waals surface area contributed by atoms with Crippen LogP contribution in [0.25, 0.3) is 0 Å². The molecule has 1 aromatic heterocycles. The van der Waals surface area contributed by atoms with Crippen LogP contribution in [0, 0.1) is 13.8 Å². The van der Waals surface area contributed by atoms with Crippen molar-refractivity contribution in [2.45, 2.75) is 45.7 Å². The second-order valence-corrected chi connectivity index (χ2v) is 6.88. The van der Waals surface area contributed by atoms with Crippen molar-refractivity contribution in [3.05, 3.63) is 53.0 Å². The van der Waals surface area contributed by atoms with Crippen molar-refractivity contribution in [3.8, 4) is 0 Å². The molecule has 27 heavy (non-hydrogen) atoms. The lowest BCUT2D eigenvalue weighted by Crippen LogP contribution is -2.37. The number of nitrogens with one attached hydrogen (secondary N) is 3. The van der Waals surface area contributed by atoms with Crippen LogP contribution in [0.4, 0.5) is 5.69 Å². The van der Waals surface area contributed by atoms with E-state index in [0.717, 1.165) is 24.2 Å². The van der Waals surface area contributed by atoms with E-state index in [1.807, 2.05) is 0 Å². The molecule has 1 aliphatic carbocycles. The lowest BCUT2D eigenvalue weighted by atomic mass is 10.1. The number of carbonyl (C=O) groups is 3. The molecule has 7 nitrogen and oxygen atoms in total. The summed E-state index contributed by atoms with van der Waals surface area (Å²) in [5.74, 6) is -0.452. The minimum absolute atomic E-state index is 0.181. The number of hydrogen-bond acceptors (Lipinski definition) is 4. The molecule has 3 N–H and O–H groups in total. The zero-order valence-electron chi connectivity index (χ0n) is 15.6. The van der Waals surface area contributed by atoms with E-state index < -0.39 is 17.9 Å². The molecule has 0 radical (unpaired) electrons. The Morgan fingerprint density at radius 2 is 1.81 bits per heavy atom. The van der Waals surface area contributed by atoms with E-state index in [4.69, 9.17) is 4.42 Å². The number of benzene rings is 1. The predicted octanol–water partition coefficient (Wildman–Crippen LogP) is 2.60. The Morgan fingerprint density at radius 1 is 1.07 bits per heavy atom. The number of anilines is 1. The quantitative estimate of drug-likeness (QED) is 0.705. The molecule has 1 aromatic carbocycles. The van der Waals surface area contributed by atoms with Crippen LogP contribution in [-0.2, 0) is 9.59 Å². The topological polar surface area (TPSA) is 100 Å². The molecule has 0 bridgehead atoms. The Balaban J connectivity index is 1.63. The molecular formula is C20H23N3O4. The van der Waals surface area contributed by atoms with Crippen LogP contribution in [-0.4, -0.2) is 23.8 Å². The minimum atomic E-state index is -0.798. The Bertz CT molecular complexity index is 883. The first-order valence-corrected chi connectivity index (χ1v) is 8.93. The summed E-state index contributed by atoms with van der Waals surface area (Å²) in [4.78, 5) is 36.6. The molecule has 7 heteroatoms. The van der Waals surface area contributed by atoms with Crippen LogP contribution in [0.5, 0.6) is 0 Å². The summed E-state index contributed by atoms with van der Waals surface area (Å²) in [6.07, 6.45) is 1.99. The molecule has 0 unspecified atom stereocenters. The molecule has 2 aromatic rings. The fourth-order valence-corrected chi connectivity index (χ4v) is 2.59. The first-order chi connectivity index (χ1) is 12.8. The lowest BCUT2D eigenvalue weighted by molar-refractivity contribution is -0.136. The smallest absolute Gasteiger partial charge is 0.313 e. The summed E-state index contributed by atoms with van der Waals surface area (Å²) in [6.45, 7) is 5.34. The van der Waals surface area contributed by atoms with Crippen molar-refractivity contribution in [1.82, 2.24) is 10.6 Å². The molecular weight excluding hydrogens is 346 g/mol. The van der Waals surface area contributed by atoms with Gasteiger partial charge in [0.05, 0.1) is 6.04 Å². The van der Waals surface area contributed by atoms with Crippen molar-refractivity contribution in [2.75, 3.05) is 5.32 Å². The van der Waals surface area contributed by atoms with Gasteiger partial charge in [0, 0.05) is 17.3 Å². The summed E-state index contributed by atoms with van der Waals surface area (Å²) in [7, 11) is 0. The van der Waals surface area contributed by atoms with Crippen molar-refractivity contribution in [3.63, 3.8) is 0 Å². The van der Waals surface area contributed by atoms with Gasteiger partial charge in [-0.05, 0) is 63.4 Å². The standard InChI is InChI=1S/C20H23N3O4/c1-11-4-6-14(18(24)22-15-7-8-15)10-16(11)23-20(26)19(25)21-13(3)17-9-5-12(2)27-17/h4-6,9-10,13,15H,7-8H2,1-3H3,(H,21,25)(H,22,24)(H,23,26)/t13-/m1/s1. The first-order valence-electron chi connectivity index (χ1n) is 8.93. The number of hydrogen-bond donors (Lipinski definition) is 3. The van der Waals surface area contributed by atoms with E-state index in [-0.39, 0.29) is 11.9 Å². The average Bonchev–Trinajstić information content (AvgIpc) is 3.33. The highest BCUT2D eigenvalue weighted by molar-refractivity contribution is 6.39. The van der Waals surface area contributed by atoms with Crippen molar-refractivity contribution in [1.29, 1.82) is 0 Å². The van der Waals surface area contributed by atoms with Gasteiger partial charge in [0.25, 0.3) is 5.91 Å². The van der Waals surface area contributed by atoms with Crippen LogP contribution in [0.2, 0.25) is 0 Å². The Labute approximate surface area is 157 Å². The predicted molar refractivity (Wildman–Crippen MR) is 100 cm³/mol. The second-order valence-electron chi connectivity index (χ2n) is 6.88. The monoisotopic (exact) mass is 369 g/mol. The van der Waals surface area contributed by atoms with Gasteiger partial charge in [0.2, 0.25) is 0 Å². The highest BCUT2D eigenvalue weighted by atomic mass is 16.3. The SMILES string of the molecule is Cc1ccc([C@@H](C)NC(=O)C(=O)Nc2cc(C(=O)NC3CC3)ccc2C)o1. The van der Waals surface area contributed by atoms with E-state index in [1.165, 1.54) is 0 Å². The molecule has 0 saturated heterocycles. The molecule has 1 saturated carbocycles. The molecule has 3 amide bonds. The molecule has 3 rings (SSSR count). The van der Waals surface area contributed by atoms with Crippen LogP contribution in [0.1, 0.15) is 53.2 Å². The second kappa shape index (κ2) is 7.65. The molecule has 1 heterocycles. The number of furan rings is 1. The van der Waals surface area contributed by atoms with Gasteiger partial charge in [-0.15, -0.1) is 0 Å². The zero-order chi connectivity index (χ0) is 19.6. The van der Waals surface area contributed by atoms with Gasteiger partial charge >= 0.3 is 11.8 Å². The van der Waals surface area contributed by atoms with Gasteiger partial charge < -0.3 is 20.4 Å². The highest BCUT2D eigenvalue weighted by Crippen LogP contribution is 2.21. The van der Waals surface area contributed by atoms with Crippen LogP contribution in [0.3, 0.4) is 0 Å². The fraction of sp³-hybridized carbons (Fsp3) is 0.350. The number of carbonyl (C=O) groups excluding carboxylic acids is 3. The zero-order valence-corrected chi connectivity index (χ0v) is 15.6. The number of rotatable bonds is 5. The van der Waals surface area contributed by atoms with Crippen LogP contribution < -0.4 is 16.0 Å². The third kappa shape index (κ3) is 4.75. The number of aryl methyl sites for hydroxylation is 2. The van der Waals surface area contributed by atoms with E-state index in [2.05, 4.69) is 16.0 Å². The Hall–Kier alpha value is -3.09. The maximum atomic E-state index is 12.3. The first kappa shape index (κ1) is 18.7. The third-order valence-corrected chi connectivity index (χ3v) is 4.40. The summed E-state index contributed by atoms with van der Waals surface area (Å²) in [5.41, 5.74) is 1.64. The molecule has 142 valence electrons. The number of amides is 3.